The van der Waals surface area contributed by atoms with Crippen LogP contribution in [0, 0.1) is 5.92 Å². The molecule has 1 saturated carbocycles. The molecular formula is C14H27N3O. The molecule has 0 aromatic rings. The number of amides is 1. The average Bonchev–Trinajstić information content (AvgIpc) is 2.39. The van der Waals surface area contributed by atoms with Gasteiger partial charge in [-0.25, -0.2) is 0 Å². The predicted octanol–water partition coefficient (Wildman–Crippen LogP) is 1.10. The molecule has 0 aromatic heterocycles. The Morgan fingerprint density at radius 3 is 2.50 bits per heavy atom. The molecular weight excluding hydrogens is 226 g/mol. The molecule has 1 aliphatic heterocycles. The largest absolute Gasteiger partial charge is 0.354 e. The fraction of sp³-hybridized carbons (Fsp3) is 0.929. The molecule has 4 heteroatoms. The minimum atomic E-state index is 0.103. The Kier molecular flexibility index (Phi) is 5.01. The van der Waals surface area contributed by atoms with Crippen molar-refractivity contribution in [3.63, 3.8) is 0 Å². The molecule has 1 saturated heterocycles. The first kappa shape index (κ1) is 13.8. The monoisotopic (exact) mass is 253 g/mol. The lowest BCUT2D eigenvalue weighted by molar-refractivity contribution is -0.120. The maximum Gasteiger partial charge on any atom is 0.217 e. The number of nitrogens with zero attached hydrogens (tertiary/aromatic N) is 1. The van der Waals surface area contributed by atoms with Gasteiger partial charge < -0.3 is 11.1 Å². The molecule has 0 spiro atoms. The summed E-state index contributed by atoms with van der Waals surface area (Å²) in [6.07, 6.45) is 7.49. The van der Waals surface area contributed by atoms with Crippen molar-refractivity contribution in [3.05, 3.63) is 0 Å². The molecule has 2 aliphatic rings. The van der Waals surface area contributed by atoms with Crippen molar-refractivity contribution in [2.45, 2.75) is 57.5 Å². The lowest BCUT2D eigenvalue weighted by Gasteiger charge is -2.43. The van der Waals surface area contributed by atoms with Gasteiger partial charge in [0.05, 0.1) is 0 Å². The van der Waals surface area contributed by atoms with Gasteiger partial charge in [0, 0.05) is 32.1 Å². The molecule has 0 bridgehead atoms. The van der Waals surface area contributed by atoms with Crippen LogP contribution < -0.4 is 11.1 Å². The third-order valence-electron chi connectivity index (χ3n) is 4.58. The highest BCUT2D eigenvalue weighted by molar-refractivity contribution is 5.73. The van der Waals surface area contributed by atoms with Crippen LogP contribution in [0.4, 0.5) is 0 Å². The molecule has 18 heavy (non-hydrogen) atoms. The summed E-state index contributed by atoms with van der Waals surface area (Å²) >= 11 is 0. The van der Waals surface area contributed by atoms with Gasteiger partial charge in [-0.1, -0.05) is 12.8 Å². The number of nitrogens with one attached hydrogen (secondary N) is 1. The fourth-order valence-corrected chi connectivity index (χ4v) is 3.61. The molecule has 2 unspecified atom stereocenters. The Balaban J connectivity index is 1.82. The SMILES string of the molecule is CC(=O)NC1CCN(C2CCCCC2CN)CC1. The molecule has 2 fully saturated rings. The zero-order valence-electron chi connectivity index (χ0n) is 11.5. The van der Waals surface area contributed by atoms with Crippen molar-refractivity contribution in [2.75, 3.05) is 19.6 Å². The number of rotatable bonds is 3. The Morgan fingerprint density at radius 1 is 1.22 bits per heavy atom. The Labute approximate surface area is 110 Å². The zero-order valence-corrected chi connectivity index (χ0v) is 11.5. The summed E-state index contributed by atoms with van der Waals surface area (Å²) in [6.45, 7) is 4.67. The molecule has 1 aliphatic carbocycles. The summed E-state index contributed by atoms with van der Waals surface area (Å²) in [6, 6.07) is 1.08. The number of nitrogens with two attached hydrogens (primary N) is 1. The molecule has 3 N–H and O–H groups in total. The van der Waals surface area contributed by atoms with Crippen LogP contribution in [0.1, 0.15) is 45.4 Å². The van der Waals surface area contributed by atoms with Crippen LogP contribution in [0.3, 0.4) is 0 Å². The van der Waals surface area contributed by atoms with Gasteiger partial charge >= 0.3 is 0 Å². The number of hydrogen-bond acceptors (Lipinski definition) is 3. The van der Waals surface area contributed by atoms with Crippen molar-refractivity contribution >= 4 is 5.91 Å². The smallest absolute Gasteiger partial charge is 0.217 e. The molecule has 1 amide bonds. The van der Waals surface area contributed by atoms with Crippen molar-refractivity contribution < 1.29 is 4.79 Å². The van der Waals surface area contributed by atoms with Gasteiger partial charge in [-0.3, -0.25) is 9.69 Å². The van der Waals surface area contributed by atoms with Crippen molar-refractivity contribution in [1.82, 2.24) is 10.2 Å². The van der Waals surface area contributed by atoms with Crippen LogP contribution in [-0.4, -0.2) is 42.5 Å². The number of likely N-dealkylation sites (tertiary alicyclic amines) is 1. The maximum absolute atomic E-state index is 11.1. The van der Waals surface area contributed by atoms with Crippen molar-refractivity contribution in [3.8, 4) is 0 Å². The molecule has 104 valence electrons. The second kappa shape index (κ2) is 6.53. The van der Waals surface area contributed by atoms with Crippen LogP contribution in [0.5, 0.6) is 0 Å². The average molecular weight is 253 g/mol. The van der Waals surface area contributed by atoms with Crippen LogP contribution in [-0.2, 0) is 4.79 Å². The molecule has 2 atom stereocenters. The van der Waals surface area contributed by atoms with E-state index < -0.39 is 0 Å². The summed E-state index contributed by atoms with van der Waals surface area (Å²) in [5.41, 5.74) is 5.91. The third-order valence-corrected chi connectivity index (χ3v) is 4.58. The third kappa shape index (κ3) is 3.45. The summed E-state index contributed by atoms with van der Waals surface area (Å²) < 4.78 is 0. The zero-order chi connectivity index (χ0) is 13.0. The first-order chi connectivity index (χ1) is 8.70. The van der Waals surface area contributed by atoms with E-state index in [0.29, 0.717) is 18.0 Å². The minimum Gasteiger partial charge on any atom is -0.354 e. The van der Waals surface area contributed by atoms with E-state index in [1.54, 1.807) is 6.92 Å². The van der Waals surface area contributed by atoms with E-state index in [-0.39, 0.29) is 5.91 Å². The highest BCUT2D eigenvalue weighted by atomic mass is 16.1. The maximum atomic E-state index is 11.1. The van der Waals surface area contributed by atoms with E-state index >= 15 is 0 Å². The van der Waals surface area contributed by atoms with E-state index in [9.17, 15) is 4.79 Å². The molecule has 4 nitrogen and oxygen atoms in total. The van der Waals surface area contributed by atoms with E-state index in [1.165, 1.54) is 25.7 Å². The molecule has 2 rings (SSSR count). The van der Waals surface area contributed by atoms with Gasteiger partial charge in [-0.05, 0) is 38.1 Å². The molecule has 0 radical (unpaired) electrons. The highest BCUT2D eigenvalue weighted by Crippen LogP contribution is 2.29. The second-order valence-corrected chi connectivity index (χ2v) is 5.86. The van der Waals surface area contributed by atoms with Gasteiger partial charge in [-0.15, -0.1) is 0 Å². The highest BCUT2D eigenvalue weighted by Gasteiger charge is 2.31. The standard InChI is InChI=1S/C14H27N3O/c1-11(18)16-13-6-8-17(9-7-13)14-5-3-2-4-12(14)10-15/h12-14H,2-10,15H2,1H3,(H,16,18). The van der Waals surface area contributed by atoms with Crippen LogP contribution >= 0.6 is 0 Å². The summed E-state index contributed by atoms with van der Waals surface area (Å²) in [5.74, 6) is 0.794. The normalized spacial score (nSPS) is 31.2. The number of piperidine rings is 1. The van der Waals surface area contributed by atoms with Crippen LogP contribution in [0.2, 0.25) is 0 Å². The molecule has 0 aromatic carbocycles. The quantitative estimate of drug-likeness (QED) is 0.792. The summed E-state index contributed by atoms with van der Waals surface area (Å²) in [5, 5.41) is 3.04. The van der Waals surface area contributed by atoms with Gasteiger partial charge in [0.1, 0.15) is 0 Å². The lowest BCUT2D eigenvalue weighted by Crippen LogP contribution is -2.51. The fourth-order valence-electron chi connectivity index (χ4n) is 3.61. The first-order valence-electron chi connectivity index (χ1n) is 7.42. The number of carbonyl (C=O) groups is 1. The first-order valence-corrected chi connectivity index (χ1v) is 7.42. The van der Waals surface area contributed by atoms with Gasteiger partial charge in [0.15, 0.2) is 0 Å². The van der Waals surface area contributed by atoms with E-state index in [1.807, 2.05) is 0 Å². The van der Waals surface area contributed by atoms with Crippen molar-refractivity contribution in [1.29, 1.82) is 0 Å². The van der Waals surface area contributed by atoms with Crippen molar-refractivity contribution in [2.24, 2.45) is 11.7 Å². The topological polar surface area (TPSA) is 58.4 Å². The van der Waals surface area contributed by atoms with Gasteiger partial charge in [-0.2, -0.15) is 0 Å². The van der Waals surface area contributed by atoms with Gasteiger partial charge in [0.25, 0.3) is 0 Å². The second-order valence-electron chi connectivity index (χ2n) is 5.86. The summed E-state index contributed by atoms with van der Waals surface area (Å²) in [4.78, 5) is 13.7. The van der Waals surface area contributed by atoms with Crippen LogP contribution in [0.25, 0.3) is 0 Å². The number of hydrogen-bond donors (Lipinski definition) is 2. The van der Waals surface area contributed by atoms with Crippen LogP contribution in [0.15, 0.2) is 0 Å². The minimum absolute atomic E-state index is 0.103. The Hall–Kier alpha value is -0.610. The van der Waals surface area contributed by atoms with E-state index in [4.69, 9.17) is 5.73 Å². The predicted molar refractivity (Wildman–Crippen MR) is 73.2 cm³/mol. The molecule has 1 heterocycles. The van der Waals surface area contributed by atoms with E-state index in [2.05, 4.69) is 10.2 Å². The Morgan fingerprint density at radius 2 is 1.89 bits per heavy atom. The van der Waals surface area contributed by atoms with E-state index in [0.717, 1.165) is 32.5 Å². The van der Waals surface area contributed by atoms with Gasteiger partial charge in [0.2, 0.25) is 5.91 Å². The lowest BCUT2D eigenvalue weighted by atomic mass is 9.82. The summed E-state index contributed by atoms with van der Waals surface area (Å²) in [7, 11) is 0. The Bertz CT molecular complexity index is 274. The number of carbonyl (C=O) groups excluding carboxylic acids is 1.